The average molecular weight is 715 g/mol. The van der Waals surface area contributed by atoms with Crippen LogP contribution in [-0.2, 0) is 27.3 Å². The number of halogens is 1. The number of nitrogen functional groups attached to an aromatic ring is 1. The first-order valence-electron chi connectivity index (χ1n) is 15.2. The molecule has 0 unspecified atom stereocenters. The lowest BCUT2D eigenvalue weighted by Gasteiger charge is -2.28. The molecule has 258 valence electrons. The van der Waals surface area contributed by atoms with E-state index in [4.69, 9.17) is 20.3 Å². The van der Waals surface area contributed by atoms with Gasteiger partial charge in [-0.3, -0.25) is 9.59 Å². The molecule has 14 heteroatoms. The monoisotopic (exact) mass is 714 g/mol. The van der Waals surface area contributed by atoms with Crippen molar-refractivity contribution in [3.8, 4) is 5.75 Å². The van der Waals surface area contributed by atoms with Crippen molar-refractivity contribution in [1.29, 1.82) is 0 Å². The van der Waals surface area contributed by atoms with Gasteiger partial charge in [0.2, 0.25) is 5.51 Å². The molecule has 5 rings (SSSR count). The molecule has 0 saturated carbocycles. The summed E-state index contributed by atoms with van der Waals surface area (Å²) in [5.74, 6) is 1.27. The number of rotatable bonds is 10. The van der Waals surface area contributed by atoms with Crippen LogP contribution in [-0.4, -0.2) is 78.9 Å². The molecule has 1 aliphatic rings. The van der Waals surface area contributed by atoms with Gasteiger partial charge in [0, 0.05) is 51.1 Å². The number of thioether (sulfide) groups is 1. The third kappa shape index (κ3) is 9.89. The minimum Gasteiger partial charge on any atom is -1.00 e. The van der Waals surface area contributed by atoms with Crippen molar-refractivity contribution in [3.05, 3.63) is 87.8 Å². The van der Waals surface area contributed by atoms with Crippen LogP contribution in [0, 0.1) is 13.8 Å². The number of hydrogen-bond donors (Lipinski definition) is 2. The molecule has 0 fully saturated rings. The van der Waals surface area contributed by atoms with Crippen molar-refractivity contribution in [2.45, 2.75) is 50.0 Å². The van der Waals surface area contributed by atoms with Gasteiger partial charge < -0.3 is 42.5 Å². The van der Waals surface area contributed by atoms with Gasteiger partial charge in [0.1, 0.15) is 17.4 Å². The Balaban J connectivity index is 0.000000283. The minimum atomic E-state index is -0.916. The zero-order valence-corrected chi connectivity index (χ0v) is 30.4. The molecule has 2 atom stereocenters. The quantitative estimate of drug-likeness (QED) is 0.181. The predicted octanol–water partition coefficient (Wildman–Crippen LogP) is 0.980. The largest absolute Gasteiger partial charge is 1.00 e. The molecule has 2 aromatic carbocycles. The summed E-state index contributed by atoms with van der Waals surface area (Å²) in [5.41, 5.74) is 11.8. The Hall–Kier alpha value is -3.75. The number of aliphatic hydroxyl groups is 1. The number of carbonyl (C=O) groups is 2. The van der Waals surface area contributed by atoms with Crippen LogP contribution in [0.4, 0.5) is 11.5 Å². The van der Waals surface area contributed by atoms with Gasteiger partial charge >= 0.3 is 5.97 Å². The SMILES string of the molecule is COc1ccc([C@@H]2Sc3ccccc3N(CCN(C)C)C(=O)[C@@H]2OC(C)=O)cc1.Cc1ncc(C[n+]2csc(CCO)c2C)c(N)n1.[Cl-]. The van der Waals surface area contributed by atoms with E-state index in [-0.39, 0.29) is 30.2 Å². The molecule has 48 heavy (non-hydrogen) atoms. The van der Waals surface area contributed by atoms with Crippen molar-refractivity contribution in [3.63, 3.8) is 0 Å². The Labute approximate surface area is 296 Å². The first-order chi connectivity index (χ1) is 22.5. The molecule has 3 heterocycles. The van der Waals surface area contributed by atoms with Crippen LogP contribution in [0.3, 0.4) is 0 Å². The number of aromatic nitrogens is 3. The second kappa shape index (κ2) is 18.1. The first kappa shape index (κ1) is 38.7. The summed E-state index contributed by atoms with van der Waals surface area (Å²) in [7, 11) is 5.54. The predicted molar refractivity (Wildman–Crippen MR) is 185 cm³/mol. The first-order valence-corrected chi connectivity index (χ1v) is 17.0. The summed E-state index contributed by atoms with van der Waals surface area (Å²) >= 11 is 3.19. The van der Waals surface area contributed by atoms with E-state index in [0.717, 1.165) is 33.2 Å². The molecule has 0 saturated heterocycles. The number of anilines is 2. The summed E-state index contributed by atoms with van der Waals surface area (Å²) in [6, 6.07) is 15.4. The Morgan fingerprint density at radius 3 is 2.48 bits per heavy atom. The van der Waals surface area contributed by atoms with Gasteiger partial charge in [-0.25, -0.2) is 9.97 Å². The van der Waals surface area contributed by atoms with Gasteiger partial charge in [0.05, 0.1) is 28.5 Å². The lowest BCUT2D eigenvalue weighted by atomic mass is 10.1. The Kier molecular flexibility index (Phi) is 14.6. The number of carbonyl (C=O) groups excluding carboxylic acids is 2. The van der Waals surface area contributed by atoms with Crippen LogP contribution in [0.15, 0.2) is 65.1 Å². The lowest BCUT2D eigenvalue weighted by molar-refractivity contribution is -0.689. The number of aryl methyl sites for hydroxylation is 1. The molecule has 4 aromatic rings. The number of nitrogens with two attached hydrogens (primary N) is 1. The van der Waals surface area contributed by atoms with Crippen LogP contribution < -0.4 is 32.3 Å². The van der Waals surface area contributed by atoms with Crippen LogP contribution in [0.1, 0.15) is 39.7 Å². The summed E-state index contributed by atoms with van der Waals surface area (Å²) in [4.78, 5) is 39.7. The fourth-order valence-corrected chi connectivity index (χ4v) is 7.31. The van der Waals surface area contributed by atoms with Gasteiger partial charge in [0.25, 0.3) is 5.91 Å². The molecule has 1 amide bonds. The molecule has 0 aliphatic carbocycles. The highest BCUT2D eigenvalue weighted by atomic mass is 35.5. The third-order valence-electron chi connectivity index (χ3n) is 7.56. The van der Waals surface area contributed by atoms with E-state index in [2.05, 4.69) is 14.5 Å². The van der Waals surface area contributed by atoms with E-state index in [1.807, 2.05) is 86.9 Å². The molecule has 0 spiro atoms. The topological polar surface area (TPSA) is 135 Å². The van der Waals surface area contributed by atoms with Gasteiger partial charge in [-0.2, -0.15) is 4.57 Å². The normalized spacial score (nSPS) is 15.5. The Morgan fingerprint density at radius 2 is 1.85 bits per heavy atom. The highest BCUT2D eigenvalue weighted by Crippen LogP contribution is 2.46. The summed E-state index contributed by atoms with van der Waals surface area (Å²) < 4.78 is 12.9. The minimum absolute atomic E-state index is 0. The van der Waals surface area contributed by atoms with Crippen molar-refractivity contribution >= 4 is 46.5 Å². The number of thiazole rings is 1. The number of aliphatic hydroxyl groups excluding tert-OH is 1. The molecular formula is C34H43ClN6O5S2. The van der Waals surface area contributed by atoms with E-state index in [1.54, 1.807) is 41.3 Å². The highest BCUT2D eigenvalue weighted by Gasteiger charge is 2.40. The molecule has 1 aliphatic heterocycles. The van der Waals surface area contributed by atoms with Gasteiger partial charge in [-0.05, 0) is 50.8 Å². The molecule has 2 aromatic heterocycles. The molecule has 11 nitrogen and oxygen atoms in total. The second-order valence-corrected chi connectivity index (χ2v) is 13.4. The molecule has 3 N–H and O–H groups in total. The van der Waals surface area contributed by atoms with Crippen molar-refractivity contribution < 1.29 is 41.1 Å². The number of esters is 1. The summed E-state index contributed by atoms with van der Waals surface area (Å²) in [6.45, 7) is 7.26. The standard InChI is InChI=1S/C22H26N2O4S.C12H17N4OS.ClH/c1-15(25)28-20-21(16-9-11-17(27-4)12-10-16)29-19-8-6-5-7-18(19)24(22(20)26)14-13-23(2)3;1-8-11(3-4-17)18-7-16(8)6-10-5-14-9(2)15-12(10)13;/h5-12,20-21H,13-14H2,1-4H3;5,7,17H,3-4,6H2,1-2H3,(H2,13,14,15);1H/q;+1;/p-1/t20-,21+;;/m1../s1. The zero-order valence-electron chi connectivity index (χ0n) is 28.1. The smallest absolute Gasteiger partial charge is 0.303 e. The van der Waals surface area contributed by atoms with Crippen molar-refractivity contribution in [1.82, 2.24) is 14.9 Å². The summed E-state index contributed by atoms with van der Waals surface area (Å²) in [5, 5.41) is 8.62. The van der Waals surface area contributed by atoms with Crippen LogP contribution in [0.25, 0.3) is 0 Å². The molecular weight excluding hydrogens is 672 g/mol. The highest BCUT2D eigenvalue weighted by molar-refractivity contribution is 7.99. The number of para-hydroxylation sites is 1. The van der Waals surface area contributed by atoms with E-state index >= 15 is 0 Å². The van der Waals surface area contributed by atoms with Gasteiger partial charge in [-0.15, -0.1) is 11.8 Å². The second-order valence-electron chi connectivity index (χ2n) is 11.3. The van der Waals surface area contributed by atoms with E-state index in [9.17, 15) is 9.59 Å². The number of benzene rings is 2. The number of fused-ring (bicyclic) bond motifs is 1. The van der Waals surface area contributed by atoms with Crippen molar-refractivity contribution in [2.24, 2.45) is 0 Å². The maximum atomic E-state index is 13.6. The number of nitrogens with zero attached hydrogens (tertiary/aromatic N) is 5. The fraction of sp³-hybridized carbons (Fsp3) is 0.382. The van der Waals surface area contributed by atoms with Crippen LogP contribution in [0.2, 0.25) is 0 Å². The van der Waals surface area contributed by atoms with E-state index < -0.39 is 12.1 Å². The number of amides is 1. The molecule has 0 bridgehead atoms. The van der Waals surface area contributed by atoms with Gasteiger partial charge in [-0.1, -0.05) is 35.6 Å². The number of ether oxygens (including phenoxy) is 2. The number of hydrogen-bond acceptors (Lipinski definition) is 11. The lowest BCUT2D eigenvalue weighted by Crippen LogP contribution is -3.00. The fourth-order valence-electron chi connectivity index (χ4n) is 5.01. The zero-order chi connectivity index (χ0) is 34.1. The van der Waals surface area contributed by atoms with Crippen LogP contribution >= 0.6 is 23.1 Å². The van der Waals surface area contributed by atoms with Crippen LogP contribution in [0.5, 0.6) is 5.75 Å². The number of likely N-dealkylation sites (N-methyl/N-ethyl adjacent to an activating group) is 1. The maximum absolute atomic E-state index is 13.6. The van der Waals surface area contributed by atoms with E-state index in [1.165, 1.54) is 11.8 Å². The van der Waals surface area contributed by atoms with Crippen molar-refractivity contribution in [2.75, 3.05) is 51.5 Å². The van der Waals surface area contributed by atoms with Gasteiger partial charge in [0.15, 0.2) is 18.3 Å². The maximum Gasteiger partial charge on any atom is 0.303 e. The van der Waals surface area contributed by atoms with E-state index in [0.29, 0.717) is 37.7 Å². The summed E-state index contributed by atoms with van der Waals surface area (Å²) in [6.07, 6.45) is 1.55. The third-order valence-corrected chi connectivity index (χ3v) is 10.1. The Morgan fingerprint density at radius 1 is 1.15 bits per heavy atom. The molecule has 0 radical (unpaired) electrons. The Bertz CT molecular complexity index is 1670. The average Bonchev–Trinajstić information content (AvgIpc) is 3.33. The number of methoxy groups -OCH3 is 1.